The molecule has 1 aromatic heterocycles. The Hall–Kier alpha value is -2.50. The van der Waals surface area contributed by atoms with Crippen LogP contribution in [0.5, 0.6) is 0 Å². The third kappa shape index (κ3) is 3.69. The van der Waals surface area contributed by atoms with Crippen LogP contribution in [0.4, 0.5) is 16.0 Å². The molecule has 3 rings (SSSR count). The number of nitrogens with zero attached hydrogens (tertiary/aromatic N) is 3. The lowest BCUT2D eigenvalue weighted by atomic mass is 10.00. The van der Waals surface area contributed by atoms with Gasteiger partial charge in [-0.25, -0.2) is 14.4 Å². The summed E-state index contributed by atoms with van der Waals surface area (Å²) in [4.78, 5) is 23.3. The minimum absolute atomic E-state index is 0.336. The van der Waals surface area contributed by atoms with Gasteiger partial charge in [0.25, 0.3) is 5.91 Å². The van der Waals surface area contributed by atoms with Crippen molar-refractivity contribution in [2.75, 3.05) is 23.3 Å². The molecule has 5 nitrogen and oxygen atoms in total. The highest BCUT2D eigenvalue weighted by Gasteiger charge is 2.19. The van der Waals surface area contributed by atoms with Gasteiger partial charge < -0.3 is 10.2 Å². The first-order valence-corrected chi connectivity index (χ1v) is 8.18. The van der Waals surface area contributed by atoms with Gasteiger partial charge in [0.05, 0.1) is 11.3 Å². The highest BCUT2D eigenvalue weighted by molar-refractivity contribution is 6.04. The third-order valence-electron chi connectivity index (χ3n) is 4.36. The lowest BCUT2D eigenvalue weighted by Gasteiger charge is -2.30. The molecule has 1 saturated heterocycles. The number of amides is 1. The van der Waals surface area contributed by atoms with Crippen LogP contribution < -0.4 is 10.2 Å². The third-order valence-corrected chi connectivity index (χ3v) is 4.36. The first kappa shape index (κ1) is 16.4. The number of piperidine rings is 1. The predicted molar refractivity (Wildman–Crippen MR) is 91.7 cm³/mol. The Morgan fingerprint density at radius 2 is 2.08 bits per heavy atom. The van der Waals surface area contributed by atoms with Crippen molar-refractivity contribution in [1.29, 1.82) is 0 Å². The number of anilines is 2. The van der Waals surface area contributed by atoms with Gasteiger partial charge in [-0.05, 0) is 43.9 Å². The van der Waals surface area contributed by atoms with E-state index in [0.717, 1.165) is 31.8 Å². The molecule has 1 amide bonds. The molecule has 0 aliphatic carbocycles. The number of aromatic nitrogens is 2. The molecule has 24 heavy (non-hydrogen) atoms. The van der Waals surface area contributed by atoms with E-state index in [-0.39, 0.29) is 5.91 Å². The van der Waals surface area contributed by atoms with Gasteiger partial charge in [0.1, 0.15) is 5.82 Å². The van der Waals surface area contributed by atoms with Crippen molar-refractivity contribution < 1.29 is 9.18 Å². The predicted octanol–water partition coefficient (Wildman–Crippen LogP) is 3.41. The van der Waals surface area contributed by atoms with E-state index >= 15 is 0 Å². The summed E-state index contributed by atoms with van der Waals surface area (Å²) in [6, 6.07) is 5.80. The Labute approximate surface area is 140 Å². The van der Waals surface area contributed by atoms with E-state index in [2.05, 4.69) is 27.1 Å². The molecular weight excluding hydrogens is 307 g/mol. The van der Waals surface area contributed by atoms with E-state index in [0.29, 0.717) is 22.9 Å². The largest absolute Gasteiger partial charge is 0.341 e. The van der Waals surface area contributed by atoms with Crippen molar-refractivity contribution in [2.24, 2.45) is 5.92 Å². The molecule has 1 aliphatic rings. The number of benzene rings is 1. The molecule has 0 radical (unpaired) electrons. The fourth-order valence-electron chi connectivity index (χ4n) is 2.80. The molecule has 126 valence electrons. The average molecular weight is 328 g/mol. The van der Waals surface area contributed by atoms with Crippen molar-refractivity contribution in [2.45, 2.75) is 26.7 Å². The Bertz CT molecular complexity index is 742. The molecule has 6 heteroatoms. The minimum Gasteiger partial charge on any atom is -0.341 e. The Morgan fingerprint density at radius 3 is 2.75 bits per heavy atom. The van der Waals surface area contributed by atoms with Crippen LogP contribution in [0.3, 0.4) is 0 Å². The molecule has 1 fully saturated rings. The molecule has 0 spiro atoms. The summed E-state index contributed by atoms with van der Waals surface area (Å²) >= 11 is 0. The fraction of sp³-hybridized carbons (Fsp3) is 0.389. The Morgan fingerprint density at radius 1 is 1.33 bits per heavy atom. The van der Waals surface area contributed by atoms with E-state index in [4.69, 9.17) is 0 Å². The number of carbonyl (C=O) groups excluding carboxylic acids is 1. The van der Waals surface area contributed by atoms with E-state index in [9.17, 15) is 9.18 Å². The van der Waals surface area contributed by atoms with Crippen LogP contribution in [0, 0.1) is 18.7 Å². The number of halogens is 1. The Balaban J connectivity index is 1.73. The summed E-state index contributed by atoms with van der Waals surface area (Å²) in [6.07, 6.45) is 3.80. The number of aryl methyl sites for hydroxylation is 1. The van der Waals surface area contributed by atoms with Gasteiger partial charge >= 0.3 is 0 Å². The maximum absolute atomic E-state index is 13.2. The van der Waals surface area contributed by atoms with Gasteiger partial charge in [-0.1, -0.05) is 13.0 Å². The smallest absolute Gasteiger partial charge is 0.259 e. The van der Waals surface area contributed by atoms with Crippen LogP contribution in [-0.2, 0) is 0 Å². The van der Waals surface area contributed by atoms with Gasteiger partial charge in [0.15, 0.2) is 0 Å². The monoisotopic (exact) mass is 328 g/mol. The second kappa shape index (κ2) is 6.95. The molecule has 0 atom stereocenters. The summed E-state index contributed by atoms with van der Waals surface area (Å²) in [7, 11) is 0. The van der Waals surface area contributed by atoms with Crippen molar-refractivity contribution in [3.05, 3.63) is 47.5 Å². The van der Waals surface area contributed by atoms with Crippen LogP contribution in [0.15, 0.2) is 30.5 Å². The standard InChI is InChI=1S/C18H21FN4O/c1-12-6-8-23(9-7-12)18-20-11-16(13(2)21-18)17(24)22-15-5-3-4-14(19)10-15/h3-5,10-12H,6-9H2,1-2H3,(H,22,24). The summed E-state index contributed by atoms with van der Waals surface area (Å²) in [5.41, 5.74) is 1.43. The van der Waals surface area contributed by atoms with Crippen molar-refractivity contribution in [3.8, 4) is 0 Å². The first-order valence-electron chi connectivity index (χ1n) is 8.18. The minimum atomic E-state index is -0.393. The van der Waals surface area contributed by atoms with Crippen molar-refractivity contribution in [1.82, 2.24) is 9.97 Å². The van der Waals surface area contributed by atoms with Crippen LogP contribution in [0.25, 0.3) is 0 Å². The summed E-state index contributed by atoms with van der Waals surface area (Å²) in [5.74, 6) is 0.674. The Kier molecular flexibility index (Phi) is 4.74. The van der Waals surface area contributed by atoms with E-state index in [1.165, 1.54) is 12.1 Å². The zero-order chi connectivity index (χ0) is 17.1. The van der Waals surface area contributed by atoms with Gasteiger partial charge in [-0.2, -0.15) is 0 Å². The zero-order valence-electron chi connectivity index (χ0n) is 13.9. The van der Waals surface area contributed by atoms with E-state index in [1.807, 2.05) is 0 Å². The van der Waals surface area contributed by atoms with Crippen LogP contribution >= 0.6 is 0 Å². The first-order chi connectivity index (χ1) is 11.5. The van der Waals surface area contributed by atoms with Gasteiger partial charge in [-0.3, -0.25) is 4.79 Å². The summed E-state index contributed by atoms with van der Waals surface area (Å²) < 4.78 is 13.2. The maximum atomic E-state index is 13.2. The highest BCUT2D eigenvalue weighted by Crippen LogP contribution is 2.21. The van der Waals surface area contributed by atoms with Crippen LogP contribution in [0.1, 0.15) is 35.8 Å². The van der Waals surface area contributed by atoms with E-state index in [1.54, 1.807) is 25.3 Å². The van der Waals surface area contributed by atoms with Gasteiger partial charge in [0.2, 0.25) is 5.95 Å². The van der Waals surface area contributed by atoms with Crippen LogP contribution in [-0.4, -0.2) is 29.0 Å². The molecule has 0 saturated carbocycles. The molecule has 0 unspecified atom stereocenters. The van der Waals surface area contributed by atoms with Gasteiger partial charge in [0, 0.05) is 25.0 Å². The molecule has 0 bridgehead atoms. The summed E-state index contributed by atoms with van der Waals surface area (Å²) in [6.45, 7) is 5.92. The van der Waals surface area contributed by atoms with Crippen LogP contribution in [0.2, 0.25) is 0 Å². The SMILES string of the molecule is Cc1nc(N2CCC(C)CC2)ncc1C(=O)Nc1cccc(F)c1. The number of hydrogen-bond donors (Lipinski definition) is 1. The molecule has 1 aromatic carbocycles. The highest BCUT2D eigenvalue weighted by atomic mass is 19.1. The molecule has 2 aromatic rings. The molecule has 2 heterocycles. The van der Waals surface area contributed by atoms with Crippen molar-refractivity contribution >= 4 is 17.5 Å². The quantitative estimate of drug-likeness (QED) is 0.938. The zero-order valence-corrected chi connectivity index (χ0v) is 13.9. The molecule has 1 N–H and O–H groups in total. The lowest BCUT2D eigenvalue weighted by molar-refractivity contribution is 0.102. The number of nitrogens with one attached hydrogen (secondary N) is 1. The van der Waals surface area contributed by atoms with Crippen molar-refractivity contribution in [3.63, 3.8) is 0 Å². The molecular formula is C18H21FN4O. The summed E-state index contributed by atoms with van der Waals surface area (Å²) in [5, 5.41) is 2.67. The number of carbonyl (C=O) groups is 1. The average Bonchev–Trinajstić information content (AvgIpc) is 2.55. The number of rotatable bonds is 3. The topological polar surface area (TPSA) is 58.1 Å². The van der Waals surface area contributed by atoms with E-state index < -0.39 is 5.82 Å². The second-order valence-corrected chi connectivity index (χ2v) is 6.30. The second-order valence-electron chi connectivity index (χ2n) is 6.30. The maximum Gasteiger partial charge on any atom is 0.259 e. The lowest BCUT2D eigenvalue weighted by Crippen LogP contribution is -2.34. The normalized spacial score (nSPS) is 15.4. The molecule has 1 aliphatic heterocycles. The number of hydrogen-bond acceptors (Lipinski definition) is 4. The van der Waals surface area contributed by atoms with Gasteiger partial charge in [-0.15, -0.1) is 0 Å². The fourth-order valence-corrected chi connectivity index (χ4v) is 2.80.